The maximum absolute atomic E-state index is 12.9. The van der Waals surface area contributed by atoms with Gasteiger partial charge in [0.2, 0.25) is 0 Å². The van der Waals surface area contributed by atoms with E-state index in [1.54, 1.807) is 24.3 Å². The number of amides is 3. The van der Waals surface area contributed by atoms with Crippen molar-refractivity contribution in [3.05, 3.63) is 53.0 Å². The third kappa shape index (κ3) is 4.69. The largest absolute Gasteiger partial charge is 0.481 e. The number of carboxylic acid groups (broad SMARTS) is 1. The first-order valence-electron chi connectivity index (χ1n) is 8.91. The molecule has 156 valence electrons. The lowest BCUT2D eigenvalue weighted by molar-refractivity contribution is -0.137. The standard InChI is InChI=1S/C20H18ClN3O5S/c1-23-10-8-14(25)18(19(23)28)24(20(29)22-9-7-17(26)27)13-4-2-3-12(11-13)15-5-6-16(21)30-15/h2-6,8,10-11,18H,7,9H2,1H3,(H,22,29)(H,26,27)/t18-/m0/s1. The summed E-state index contributed by atoms with van der Waals surface area (Å²) in [6.45, 7) is -0.147. The van der Waals surface area contributed by atoms with Gasteiger partial charge in [0, 0.05) is 36.4 Å². The Kier molecular flexibility index (Phi) is 6.53. The van der Waals surface area contributed by atoms with E-state index >= 15 is 0 Å². The van der Waals surface area contributed by atoms with E-state index in [1.165, 1.54) is 35.6 Å². The summed E-state index contributed by atoms with van der Waals surface area (Å²) < 4.78 is 0.600. The fourth-order valence-electron chi connectivity index (χ4n) is 2.93. The number of urea groups is 1. The number of carbonyl (C=O) groups is 4. The molecule has 3 rings (SSSR count). The van der Waals surface area contributed by atoms with Gasteiger partial charge in [0.1, 0.15) is 0 Å². The number of hydrogen-bond acceptors (Lipinski definition) is 5. The average molecular weight is 448 g/mol. The Morgan fingerprint density at radius 3 is 2.70 bits per heavy atom. The van der Waals surface area contributed by atoms with E-state index in [-0.39, 0.29) is 13.0 Å². The number of nitrogens with zero attached hydrogens (tertiary/aromatic N) is 2. The molecule has 3 amide bonds. The second kappa shape index (κ2) is 9.10. The van der Waals surface area contributed by atoms with Crippen LogP contribution in [0, 0.1) is 0 Å². The van der Waals surface area contributed by atoms with Crippen molar-refractivity contribution in [3.8, 4) is 10.4 Å². The highest BCUT2D eigenvalue weighted by molar-refractivity contribution is 7.19. The van der Waals surface area contributed by atoms with Crippen molar-refractivity contribution in [2.45, 2.75) is 12.5 Å². The molecule has 10 heteroatoms. The maximum atomic E-state index is 12.9. The predicted molar refractivity (Wildman–Crippen MR) is 114 cm³/mol. The number of aliphatic carboxylic acids is 1. The molecule has 0 saturated carbocycles. The molecule has 0 radical (unpaired) electrons. The van der Waals surface area contributed by atoms with E-state index in [0.29, 0.717) is 10.0 Å². The van der Waals surface area contributed by atoms with E-state index in [9.17, 15) is 19.2 Å². The smallest absolute Gasteiger partial charge is 0.323 e. The Labute approximate surface area is 181 Å². The molecule has 1 aromatic carbocycles. The van der Waals surface area contributed by atoms with Gasteiger partial charge >= 0.3 is 12.0 Å². The Balaban J connectivity index is 2.00. The molecular formula is C20H18ClN3O5S. The molecule has 30 heavy (non-hydrogen) atoms. The Bertz CT molecular complexity index is 1030. The SMILES string of the molecule is CN1C=CC(=O)[C@H](N(C(=O)NCCC(=O)O)c2cccc(-c3ccc(Cl)s3)c2)C1=O. The molecule has 0 saturated heterocycles. The lowest BCUT2D eigenvalue weighted by atomic mass is 10.0. The highest BCUT2D eigenvalue weighted by Crippen LogP contribution is 2.33. The average Bonchev–Trinajstić information content (AvgIpc) is 3.14. The molecule has 0 bridgehead atoms. The molecule has 2 aromatic rings. The molecule has 2 heterocycles. The number of rotatable bonds is 6. The molecule has 0 spiro atoms. The highest BCUT2D eigenvalue weighted by Gasteiger charge is 2.39. The van der Waals surface area contributed by atoms with Crippen molar-refractivity contribution in [1.82, 2.24) is 10.2 Å². The summed E-state index contributed by atoms with van der Waals surface area (Å²) in [4.78, 5) is 52.1. The van der Waals surface area contributed by atoms with Gasteiger partial charge in [-0.25, -0.2) is 4.79 Å². The fourth-order valence-corrected chi connectivity index (χ4v) is 3.97. The van der Waals surface area contributed by atoms with Crippen LogP contribution in [0.2, 0.25) is 4.34 Å². The number of nitrogens with one attached hydrogen (secondary N) is 1. The summed E-state index contributed by atoms with van der Waals surface area (Å²) in [6, 6.07) is 8.25. The predicted octanol–water partition coefficient (Wildman–Crippen LogP) is 2.98. The van der Waals surface area contributed by atoms with Gasteiger partial charge in [-0.3, -0.25) is 19.3 Å². The lowest BCUT2D eigenvalue weighted by Gasteiger charge is -2.33. The van der Waals surface area contributed by atoms with Crippen LogP contribution in [0.3, 0.4) is 0 Å². The summed E-state index contributed by atoms with van der Waals surface area (Å²) in [5.74, 6) is -2.19. The summed E-state index contributed by atoms with van der Waals surface area (Å²) in [5, 5.41) is 11.3. The normalized spacial score (nSPS) is 15.9. The Hall–Kier alpha value is -3.17. The molecule has 1 aliphatic heterocycles. The van der Waals surface area contributed by atoms with Crippen LogP contribution in [-0.2, 0) is 14.4 Å². The van der Waals surface area contributed by atoms with Gasteiger partial charge in [-0.2, -0.15) is 0 Å². The zero-order valence-electron chi connectivity index (χ0n) is 15.9. The fraction of sp³-hybridized carbons (Fsp3) is 0.200. The molecule has 1 atom stereocenters. The Morgan fingerprint density at radius 2 is 2.03 bits per heavy atom. The van der Waals surface area contributed by atoms with Crippen molar-refractivity contribution >= 4 is 52.3 Å². The number of halogens is 1. The van der Waals surface area contributed by atoms with Gasteiger partial charge in [-0.15, -0.1) is 11.3 Å². The summed E-state index contributed by atoms with van der Waals surface area (Å²) in [5.41, 5.74) is 1.08. The quantitative estimate of drug-likeness (QED) is 0.662. The number of carboxylic acids is 1. The van der Waals surface area contributed by atoms with Crippen molar-refractivity contribution in [2.24, 2.45) is 0 Å². The monoisotopic (exact) mass is 447 g/mol. The summed E-state index contributed by atoms with van der Waals surface area (Å²) in [6.07, 6.45) is 2.28. The number of hydrogen-bond donors (Lipinski definition) is 2. The van der Waals surface area contributed by atoms with Crippen LogP contribution >= 0.6 is 22.9 Å². The van der Waals surface area contributed by atoms with Crippen LogP contribution in [0.4, 0.5) is 10.5 Å². The van der Waals surface area contributed by atoms with Gasteiger partial charge in [-0.05, 0) is 29.8 Å². The van der Waals surface area contributed by atoms with E-state index in [4.69, 9.17) is 16.7 Å². The topological polar surface area (TPSA) is 107 Å². The number of carbonyl (C=O) groups excluding carboxylic acids is 3. The molecule has 0 fully saturated rings. The van der Waals surface area contributed by atoms with Gasteiger partial charge in [0.15, 0.2) is 11.8 Å². The van der Waals surface area contributed by atoms with E-state index < -0.39 is 29.7 Å². The van der Waals surface area contributed by atoms with Crippen molar-refractivity contribution in [2.75, 3.05) is 18.5 Å². The van der Waals surface area contributed by atoms with Gasteiger partial charge in [0.25, 0.3) is 5.91 Å². The van der Waals surface area contributed by atoms with Crippen molar-refractivity contribution in [1.29, 1.82) is 0 Å². The van der Waals surface area contributed by atoms with Crippen LogP contribution in [0.15, 0.2) is 48.7 Å². The minimum atomic E-state index is -1.40. The Morgan fingerprint density at radius 1 is 1.27 bits per heavy atom. The zero-order chi connectivity index (χ0) is 21.8. The molecule has 8 nitrogen and oxygen atoms in total. The van der Waals surface area contributed by atoms with Crippen LogP contribution in [0.5, 0.6) is 0 Å². The third-order valence-corrected chi connectivity index (χ3v) is 5.67. The molecule has 2 N–H and O–H groups in total. The highest BCUT2D eigenvalue weighted by atomic mass is 35.5. The molecule has 1 aliphatic rings. The zero-order valence-corrected chi connectivity index (χ0v) is 17.4. The van der Waals surface area contributed by atoms with Crippen molar-refractivity contribution < 1.29 is 24.3 Å². The number of thiophene rings is 1. The summed E-state index contributed by atoms with van der Waals surface area (Å²) >= 11 is 7.37. The van der Waals surface area contributed by atoms with Crippen LogP contribution in [0.25, 0.3) is 10.4 Å². The van der Waals surface area contributed by atoms with Gasteiger partial charge in [-0.1, -0.05) is 23.7 Å². The molecule has 0 unspecified atom stereocenters. The number of anilines is 1. The minimum Gasteiger partial charge on any atom is -0.481 e. The third-order valence-electron chi connectivity index (χ3n) is 4.39. The van der Waals surface area contributed by atoms with E-state index in [1.807, 2.05) is 12.1 Å². The molecule has 0 aliphatic carbocycles. The van der Waals surface area contributed by atoms with Crippen LogP contribution in [0.1, 0.15) is 6.42 Å². The second-order valence-electron chi connectivity index (χ2n) is 6.47. The van der Waals surface area contributed by atoms with Crippen LogP contribution < -0.4 is 10.2 Å². The van der Waals surface area contributed by atoms with Gasteiger partial charge < -0.3 is 15.3 Å². The summed E-state index contributed by atoms with van der Waals surface area (Å²) in [7, 11) is 1.49. The first-order chi connectivity index (χ1) is 14.3. The van der Waals surface area contributed by atoms with Crippen molar-refractivity contribution in [3.63, 3.8) is 0 Å². The van der Waals surface area contributed by atoms with Crippen LogP contribution in [-0.4, -0.2) is 53.3 Å². The van der Waals surface area contributed by atoms with E-state index in [0.717, 1.165) is 15.3 Å². The number of ketones is 1. The lowest BCUT2D eigenvalue weighted by Crippen LogP contribution is -2.57. The minimum absolute atomic E-state index is 0.147. The molecular weight excluding hydrogens is 430 g/mol. The maximum Gasteiger partial charge on any atom is 0.323 e. The van der Waals surface area contributed by atoms with Gasteiger partial charge in [0.05, 0.1) is 10.8 Å². The van der Waals surface area contributed by atoms with E-state index in [2.05, 4.69) is 5.32 Å². The number of likely N-dealkylation sites (N-methyl/N-ethyl adjacent to an activating group) is 1. The molecule has 1 aromatic heterocycles. The second-order valence-corrected chi connectivity index (χ2v) is 8.18. The first-order valence-corrected chi connectivity index (χ1v) is 10.1. The first kappa shape index (κ1) is 21.5. The number of benzene rings is 1.